The van der Waals surface area contributed by atoms with Gasteiger partial charge in [-0.05, 0) is 52.4 Å². The van der Waals surface area contributed by atoms with Crippen molar-refractivity contribution in [1.82, 2.24) is 0 Å². The van der Waals surface area contributed by atoms with Crippen LogP contribution in [0.1, 0.15) is 25.8 Å². The Labute approximate surface area is 122 Å². The second kappa shape index (κ2) is 5.16. The molecule has 1 fully saturated rings. The zero-order valence-corrected chi connectivity index (χ0v) is 13.2. The molecule has 0 aliphatic carbocycles. The number of anilines is 1. The summed E-state index contributed by atoms with van der Waals surface area (Å²) in [6.45, 7) is 7.62. The number of hydrogen-bond donors (Lipinski definition) is 1. The van der Waals surface area contributed by atoms with Crippen molar-refractivity contribution in [1.29, 1.82) is 0 Å². The molecule has 1 unspecified atom stereocenters. The van der Waals surface area contributed by atoms with Gasteiger partial charge in [0.2, 0.25) is 0 Å². The molecular formula is C15H20BrNO2. The molecule has 19 heavy (non-hydrogen) atoms. The van der Waals surface area contributed by atoms with Crippen molar-refractivity contribution in [3.05, 3.63) is 28.2 Å². The minimum atomic E-state index is -0.696. The van der Waals surface area contributed by atoms with E-state index in [1.165, 1.54) is 5.56 Å². The predicted octanol–water partition coefficient (Wildman–Crippen LogP) is 3.69. The first-order valence-corrected chi connectivity index (χ1v) is 7.34. The third-order valence-corrected chi connectivity index (χ3v) is 4.75. The molecule has 0 radical (unpaired) electrons. The van der Waals surface area contributed by atoms with Crippen molar-refractivity contribution in [2.45, 2.75) is 27.2 Å². The highest BCUT2D eigenvalue weighted by Crippen LogP contribution is 2.39. The number of hydrogen-bond acceptors (Lipinski definition) is 2. The van der Waals surface area contributed by atoms with E-state index in [4.69, 9.17) is 0 Å². The monoisotopic (exact) mass is 325 g/mol. The lowest BCUT2D eigenvalue weighted by Crippen LogP contribution is -2.48. The van der Waals surface area contributed by atoms with Crippen molar-refractivity contribution >= 4 is 27.6 Å². The van der Waals surface area contributed by atoms with Crippen LogP contribution in [0.2, 0.25) is 0 Å². The average Bonchev–Trinajstić information content (AvgIpc) is 2.29. The van der Waals surface area contributed by atoms with Gasteiger partial charge in [0, 0.05) is 17.6 Å². The summed E-state index contributed by atoms with van der Waals surface area (Å²) in [6, 6.07) is 6.21. The Kier molecular flexibility index (Phi) is 3.90. The third kappa shape index (κ3) is 2.94. The molecule has 1 aliphatic rings. The second-order valence-corrected chi connectivity index (χ2v) is 6.88. The Hall–Kier alpha value is -1.03. The van der Waals surface area contributed by atoms with Gasteiger partial charge in [0.05, 0.1) is 11.6 Å². The average molecular weight is 326 g/mol. The standard InChI is InChI=1S/C15H20BrNO2/c1-10-4-5-13(12(16)8-10)17-7-6-15(2,3)11(9-17)14(18)19/h4-5,8,11H,6-7,9H2,1-3H3,(H,18,19). The van der Waals surface area contributed by atoms with Crippen LogP contribution in [0.5, 0.6) is 0 Å². The van der Waals surface area contributed by atoms with Crippen LogP contribution >= 0.6 is 15.9 Å². The van der Waals surface area contributed by atoms with Gasteiger partial charge in [-0.2, -0.15) is 0 Å². The van der Waals surface area contributed by atoms with Gasteiger partial charge in [-0.25, -0.2) is 0 Å². The Morgan fingerprint density at radius 1 is 1.47 bits per heavy atom. The molecule has 1 aromatic rings. The number of aryl methyl sites for hydroxylation is 1. The fraction of sp³-hybridized carbons (Fsp3) is 0.533. The normalized spacial score (nSPS) is 22.3. The molecule has 1 atom stereocenters. The van der Waals surface area contributed by atoms with Crippen LogP contribution in [0, 0.1) is 18.3 Å². The van der Waals surface area contributed by atoms with E-state index < -0.39 is 5.97 Å². The highest BCUT2D eigenvalue weighted by molar-refractivity contribution is 9.10. The molecule has 1 N–H and O–H groups in total. The van der Waals surface area contributed by atoms with E-state index in [1.807, 2.05) is 20.8 Å². The van der Waals surface area contributed by atoms with E-state index in [1.54, 1.807) is 0 Å². The summed E-state index contributed by atoms with van der Waals surface area (Å²) < 4.78 is 1.04. The summed E-state index contributed by atoms with van der Waals surface area (Å²) in [7, 11) is 0. The molecule has 1 saturated heterocycles. The van der Waals surface area contributed by atoms with Crippen molar-refractivity contribution in [2.24, 2.45) is 11.3 Å². The molecule has 2 rings (SSSR count). The number of piperidine rings is 1. The van der Waals surface area contributed by atoms with E-state index in [9.17, 15) is 9.90 Å². The molecule has 1 aromatic carbocycles. The summed E-state index contributed by atoms with van der Waals surface area (Å²) >= 11 is 3.58. The Bertz CT molecular complexity index is 499. The van der Waals surface area contributed by atoms with Crippen molar-refractivity contribution in [2.75, 3.05) is 18.0 Å². The minimum Gasteiger partial charge on any atom is -0.481 e. The number of nitrogens with zero attached hydrogens (tertiary/aromatic N) is 1. The maximum atomic E-state index is 11.4. The van der Waals surface area contributed by atoms with E-state index >= 15 is 0 Å². The van der Waals surface area contributed by atoms with E-state index in [0.29, 0.717) is 6.54 Å². The predicted molar refractivity (Wildman–Crippen MR) is 80.6 cm³/mol. The zero-order valence-electron chi connectivity index (χ0n) is 11.6. The molecular weight excluding hydrogens is 306 g/mol. The molecule has 4 heteroatoms. The molecule has 0 amide bonds. The summed E-state index contributed by atoms with van der Waals surface area (Å²) in [4.78, 5) is 13.6. The number of halogens is 1. The number of benzene rings is 1. The maximum absolute atomic E-state index is 11.4. The Balaban J connectivity index is 2.26. The smallest absolute Gasteiger partial charge is 0.308 e. The largest absolute Gasteiger partial charge is 0.481 e. The van der Waals surface area contributed by atoms with Crippen LogP contribution in [-0.4, -0.2) is 24.2 Å². The van der Waals surface area contributed by atoms with E-state index in [0.717, 1.165) is 23.1 Å². The first-order valence-electron chi connectivity index (χ1n) is 6.55. The fourth-order valence-corrected chi connectivity index (χ4v) is 3.40. The molecule has 1 aliphatic heterocycles. The second-order valence-electron chi connectivity index (χ2n) is 6.03. The molecule has 0 bridgehead atoms. The van der Waals surface area contributed by atoms with Gasteiger partial charge in [0.15, 0.2) is 0 Å². The molecule has 1 heterocycles. The Morgan fingerprint density at radius 2 is 2.16 bits per heavy atom. The van der Waals surface area contributed by atoms with Gasteiger partial charge >= 0.3 is 5.97 Å². The Morgan fingerprint density at radius 3 is 2.74 bits per heavy atom. The van der Waals surface area contributed by atoms with Crippen LogP contribution in [0.4, 0.5) is 5.69 Å². The van der Waals surface area contributed by atoms with Crippen molar-refractivity contribution < 1.29 is 9.90 Å². The highest BCUT2D eigenvalue weighted by atomic mass is 79.9. The molecule has 0 spiro atoms. The summed E-state index contributed by atoms with van der Waals surface area (Å²) in [5.74, 6) is -1.02. The van der Waals surface area contributed by atoms with Gasteiger partial charge in [-0.3, -0.25) is 4.79 Å². The fourth-order valence-electron chi connectivity index (χ4n) is 2.66. The van der Waals surface area contributed by atoms with Gasteiger partial charge in [-0.1, -0.05) is 19.9 Å². The van der Waals surface area contributed by atoms with Gasteiger partial charge in [0.1, 0.15) is 0 Å². The maximum Gasteiger partial charge on any atom is 0.308 e. The lowest BCUT2D eigenvalue weighted by atomic mass is 9.73. The van der Waals surface area contributed by atoms with Gasteiger partial charge in [0.25, 0.3) is 0 Å². The lowest BCUT2D eigenvalue weighted by Gasteiger charge is -2.43. The molecule has 3 nitrogen and oxygen atoms in total. The number of rotatable bonds is 2. The zero-order chi connectivity index (χ0) is 14.2. The summed E-state index contributed by atoms with van der Waals surface area (Å²) in [5.41, 5.74) is 2.15. The number of carboxylic acids is 1. The van der Waals surface area contributed by atoms with Crippen LogP contribution in [0.3, 0.4) is 0 Å². The molecule has 0 aromatic heterocycles. The molecule has 0 saturated carbocycles. The van der Waals surface area contributed by atoms with Crippen LogP contribution in [-0.2, 0) is 4.79 Å². The minimum absolute atomic E-state index is 0.139. The van der Waals surface area contributed by atoms with Gasteiger partial charge in [-0.15, -0.1) is 0 Å². The molecule has 104 valence electrons. The number of carbonyl (C=O) groups is 1. The topological polar surface area (TPSA) is 40.5 Å². The number of carboxylic acid groups (broad SMARTS) is 1. The van der Waals surface area contributed by atoms with Gasteiger partial charge < -0.3 is 10.0 Å². The van der Waals surface area contributed by atoms with Crippen molar-refractivity contribution in [3.63, 3.8) is 0 Å². The third-order valence-electron chi connectivity index (χ3n) is 4.11. The van der Waals surface area contributed by atoms with Crippen LogP contribution < -0.4 is 4.90 Å². The first-order chi connectivity index (χ1) is 8.81. The first kappa shape index (κ1) is 14.4. The van der Waals surface area contributed by atoms with E-state index in [-0.39, 0.29) is 11.3 Å². The quantitative estimate of drug-likeness (QED) is 0.901. The lowest BCUT2D eigenvalue weighted by molar-refractivity contribution is -0.146. The van der Waals surface area contributed by atoms with Crippen LogP contribution in [0.15, 0.2) is 22.7 Å². The summed E-state index contributed by atoms with van der Waals surface area (Å²) in [5, 5.41) is 9.41. The van der Waals surface area contributed by atoms with E-state index in [2.05, 4.69) is 39.0 Å². The van der Waals surface area contributed by atoms with Crippen molar-refractivity contribution in [3.8, 4) is 0 Å². The summed E-state index contributed by atoms with van der Waals surface area (Å²) in [6.07, 6.45) is 0.893. The highest BCUT2D eigenvalue weighted by Gasteiger charge is 2.40. The number of aliphatic carboxylic acids is 1. The van der Waals surface area contributed by atoms with Crippen LogP contribution in [0.25, 0.3) is 0 Å². The SMILES string of the molecule is Cc1ccc(N2CCC(C)(C)C(C(=O)O)C2)c(Br)c1.